The summed E-state index contributed by atoms with van der Waals surface area (Å²) < 4.78 is 10.5. The van der Waals surface area contributed by atoms with Gasteiger partial charge >= 0.3 is 6.01 Å². The van der Waals surface area contributed by atoms with E-state index in [1.807, 2.05) is 13.8 Å². The Hall–Kier alpha value is -2.63. The number of rotatable bonds is 5. The maximum absolute atomic E-state index is 11.6. The van der Waals surface area contributed by atoms with Crippen LogP contribution in [0.1, 0.15) is 13.8 Å². The van der Waals surface area contributed by atoms with Crippen molar-refractivity contribution in [2.75, 3.05) is 12.4 Å². The Kier molecular flexibility index (Phi) is 4.71. The molecule has 0 saturated heterocycles. The molecule has 0 aliphatic heterocycles. The lowest BCUT2D eigenvalue weighted by molar-refractivity contribution is -0.118. The molecule has 1 N–H and O–H groups in total. The molecule has 0 atom stereocenters. The number of carbonyl (C=O) groups excluding carboxylic acids is 1. The van der Waals surface area contributed by atoms with E-state index in [1.54, 1.807) is 36.5 Å². The first-order chi connectivity index (χ1) is 10.1. The summed E-state index contributed by atoms with van der Waals surface area (Å²) in [6.45, 7) is 3.68. The zero-order valence-corrected chi connectivity index (χ0v) is 12.2. The van der Waals surface area contributed by atoms with Gasteiger partial charge in [-0.2, -0.15) is 4.98 Å². The lowest BCUT2D eigenvalue weighted by Gasteiger charge is -2.09. The molecule has 6 heteroatoms. The van der Waals surface area contributed by atoms with E-state index < -0.39 is 0 Å². The van der Waals surface area contributed by atoms with Gasteiger partial charge in [0.25, 0.3) is 0 Å². The number of anilines is 1. The molecule has 0 spiro atoms. The first kappa shape index (κ1) is 14.8. The van der Waals surface area contributed by atoms with E-state index in [0.717, 1.165) is 0 Å². The first-order valence-electron chi connectivity index (χ1n) is 6.54. The van der Waals surface area contributed by atoms with Crippen molar-refractivity contribution in [3.63, 3.8) is 0 Å². The summed E-state index contributed by atoms with van der Waals surface area (Å²) in [6.07, 6.45) is 1.55. The molecule has 0 fully saturated rings. The number of benzene rings is 1. The molecule has 1 aromatic heterocycles. The van der Waals surface area contributed by atoms with E-state index in [2.05, 4.69) is 15.3 Å². The van der Waals surface area contributed by atoms with Crippen molar-refractivity contribution in [2.45, 2.75) is 13.8 Å². The number of aromatic nitrogens is 2. The van der Waals surface area contributed by atoms with Gasteiger partial charge in [-0.1, -0.05) is 13.8 Å². The van der Waals surface area contributed by atoms with Crippen molar-refractivity contribution in [1.29, 1.82) is 0 Å². The largest absolute Gasteiger partial charge is 0.481 e. The number of carbonyl (C=O) groups is 1. The van der Waals surface area contributed by atoms with Gasteiger partial charge in [-0.3, -0.25) is 4.79 Å². The fraction of sp³-hybridized carbons (Fsp3) is 0.267. The predicted octanol–water partition coefficient (Wildman–Crippen LogP) is 2.87. The highest BCUT2D eigenvalue weighted by atomic mass is 16.5. The highest BCUT2D eigenvalue weighted by Gasteiger charge is 2.07. The van der Waals surface area contributed by atoms with Crippen molar-refractivity contribution < 1.29 is 14.3 Å². The van der Waals surface area contributed by atoms with E-state index in [0.29, 0.717) is 17.3 Å². The molecule has 6 nitrogen and oxygen atoms in total. The molecule has 0 aliphatic carbocycles. The summed E-state index contributed by atoms with van der Waals surface area (Å²) in [7, 11) is 1.53. The van der Waals surface area contributed by atoms with E-state index >= 15 is 0 Å². The average Bonchev–Trinajstić information content (AvgIpc) is 2.49. The van der Waals surface area contributed by atoms with Gasteiger partial charge in [0.15, 0.2) is 0 Å². The number of methoxy groups -OCH3 is 1. The molecule has 0 radical (unpaired) electrons. The van der Waals surface area contributed by atoms with E-state index in [9.17, 15) is 4.79 Å². The normalized spacial score (nSPS) is 10.3. The van der Waals surface area contributed by atoms with Crippen LogP contribution >= 0.6 is 0 Å². The molecule has 0 aliphatic rings. The van der Waals surface area contributed by atoms with Crippen molar-refractivity contribution in [3.05, 3.63) is 36.5 Å². The second kappa shape index (κ2) is 6.69. The van der Waals surface area contributed by atoms with Crippen molar-refractivity contribution >= 4 is 11.6 Å². The number of amides is 1. The first-order valence-corrected chi connectivity index (χ1v) is 6.54. The number of nitrogens with one attached hydrogen (secondary N) is 1. The predicted molar refractivity (Wildman–Crippen MR) is 78.6 cm³/mol. The van der Waals surface area contributed by atoms with Crippen LogP contribution < -0.4 is 14.8 Å². The van der Waals surface area contributed by atoms with Crippen molar-refractivity contribution in [3.8, 4) is 17.6 Å². The summed E-state index contributed by atoms with van der Waals surface area (Å²) in [5, 5.41) is 2.80. The van der Waals surface area contributed by atoms with Crippen LogP contribution in [0.3, 0.4) is 0 Å². The molecule has 0 unspecified atom stereocenters. The summed E-state index contributed by atoms with van der Waals surface area (Å²) in [4.78, 5) is 19.6. The van der Waals surface area contributed by atoms with Gasteiger partial charge in [-0.15, -0.1) is 0 Å². The van der Waals surface area contributed by atoms with Crippen LogP contribution in [0.2, 0.25) is 0 Å². The van der Waals surface area contributed by atoms with E-state index in [4.69, 9.17) is 9.47 Å². The second-order valence-corrected chi connectivity index (χ2v) is 4.65. The van der Waals surface area contributed by atoms with E-state index in [-0.39, 0.29) is 17.8 Å². The Morgan fingerprint density at radius 1 is 1.19 bits per heavy atom. The lowest BCUT2D eigenvalue weighted by Crippen LogP contribution is -2.17. The van der Waals surface area contributed by atoms with Gasteiger partial charge in [-0.05, 0) is 24.3 Å². The number of ether oxygens (including phenoxy) is 2. The van der Waals surface area contributed by atoms with Gasteiger partial charge < -0.3 is 14.8 Å². The van der Waals surface area contributed by atoms with Gasteiger partial charge in [-0.25, -0.2) is 4.98 Å². The molecule has 0 saturated carbocycles. The second-order valence-electron chi connectivity index (χ2n) is 4.65. The molecule has 0 bridgehead atoms. The highest BCUT2D eigenvalue weighted by molar-refractivity contribution is 5.92. The van der Waals surface area contributed by atoms with Gasteiger partial charge in [0.1, 0.15) is 5.75 Å². The third-order valence-electron chi connectivity index (χ3n) is 2.67. The standard InChI is InChI=1S/C15H17N3O3/c1-10(2)14(19)17-11-4-6-12(7-5-11)21-15-16-9-8-13(18-15)20-3/h4-10H,1-3H3,(H,17,19). The van der Waals surface area contributed by atoms with Crippen LogP contribution in [0.25, 0.3) is 0 Å². The minimum Gasteiger partial charge on any atom is -0.481 e. The zero-order valence-electron chi connectivity index (χ0n) is 12.2. The monoisotopic (exact) mass is 287 g/mol. The summed E-state index contributed by atoms with van der Waals surface area (Å²) >= 11 is 0. The minimum atomic E-state index is -0.0638. The molecule has 2 rings (SSSR count). The smallest absolute Gasteiger partial charge is 0.325 e. The number of hydrogen-bond donors (Lipinski definition) is 1. The molecule has 2 aromatic rings. The van der Waals surface area contributed by atoms with E-state index in [1.165, 1.54) is 7.11 Å². The lowest BCUT2D eigenvalue weighted by atomic mass is 10.2. The minimum absolute atomic E-state index is 0.0280. The maximum atomic E-state index is 11.6. The van der Waals surface area contributed by atoms with Crippen LogP contribution in [0.4, 0.5) is 5.69 Å². The van der Waals surface area contributed by atoms with Gasteiger partial charge in [0.05, 0.1) is 7.11 Å². The highest BCUT2D eigenvalue weighted by Crippen LogP contribution is 2.21. The topological polar surface area (TPSA) is 73.3 Å². The van der Waals surface area contributed by atoms with Gasteiger partial charge in [0.2, 0.25) is 11.8 Å². The van der Waals surface area contributed by atoms with Crippen LogP contribution in [-0.2, 0) is 4.79 Å². The fourth-order valence-corrected chi connectivity index (χ4v) is 1.49. The summed E-state index contributed by atoms with van der Waals surface area (Å²) in [5.74, 6) is 0.914. The van der Waals surface area contributed by atoms with Gasteiger partial charge in [0, 0.05) is 23.9 Å². The molecule has 1 heterocycles. The molecular weight excluding hydrogens is 270 g/mol. The Morgan fingerprint density at radius 3 is 2.52 bits per heavy atom. The molecule has 1 aromatic carbocycles. The SMILES string of the molecule is COc1ccnc(Oc2ccc(NC(=O)C(C)C)cc2)n1. The van der Waals surface area contributed by atoms with Crippen LogP contribution in [0.15, 0.2) is 36.5 Å². The summed E-state index contributed by atoms with van der Waals surface area (Å²) in [5.41, 5.74) is 0.715. The van der Waals surface area contributed by atoms with Crippen molar-refractivity contribution in [1.82, 2.24) is 9.97 Å². The number of hydrogen-bond acceptors (Lipinski definition) is 5. The van der Waals surface area contributed by atoms with Crippen LogP contribution in [0.5, 0.6) is 17.6 Å². The zero-order chi connectivity index (χ0) is 15.2. The Labute approximate surface area is 123 Å². The molecule has 21 heavy (non-hydrogen) atoms. The maximum Gasteiger partial charge on any atom is 0.325 e. The Bertz CT molecular complexity index is 612. The Morgan fingerprint density at radius 2 is 1.90 bits per heavy atom. The van der Waals surface area contributed by atoms with Crippen LogP contribution in [-0.4, -0.2) is 23.0 Å². The molecule has 110 valence electrons. The third-order valence-corrected chi connectivity index (χ3v) is 2.67. The third kappa shape index (κ3) is 4.17. The molecule has 1 amide bonds. The summed E-state index contributed by atoms with van der Waals surface area (Å²) in [6, 6.07) is 8.83. The van der Waals surface area contributed by atoms with Crippen molar-refractivity contribution in [2.24, 2.45) is 5.92 Å². The quantitative estimate of drug-likeness (QED) is 0.915. The average molecular weight is 287 g/mol. The van der Waals surface area contributed by atoms with Crippen LogP contribution in [0, 0.1) is 5.92 Å². The number of nitrogens with zero attached hydrogens (tertiary/aromatic N) is 2. The Balaban J connectivity index is 2.03. The fourth-order valence-electron chi connectivity index (χ4n) is 1.49. The molecular formula is C15H17N3O3.